The summed E-state index contributed by atoms with van der Waals surface area (Å²) in [5.74, 6) is -0.356. The first-order valence-corrected chi connectivity index (χ1v) is 8.14. The zero-order chi connectivity index (χ0) is 17.5. The second-order valence-electron chi connectivity index (χ2n) is 5.46. The molecule has 0 atom stereocenters. The summed E-state index contributed by atoms with van der Waals surface area (Å²) >= 11 is 0. The Morgan fingerprint density at radius 2 is 1.88 bits per heavy atom. The maximum atomic E-state index is 11.5. The van der Waals surface area contributed by atoms with Gasteiger partial charge in [0.15, 0.2) is 0 Å². The first-order chi connectivity index (χ1) is 12.3. The van der Waals surface area contributed by atoms with E-state index in [9.17, 15) is 4.79 Å². The smallest absolute Gasteiger partial charge is 0.330 e. The Bertz CT molecular complexity index is 869. The predicted octanol–water partition coefficient (Wildman–Crippen LogP) is 3.57. The van der Waals surface area contributed by atoms with Crippen molar-refractivity contribution in [3.8, 4) is 11.3 Å². The van der Waals surface area contributed by atoms with E-state index in [4.69, 9.17) is 4.74 Å². The molecule has 0 unspecified atom stereocenters. The molecule has 126 valence electrons. The Morgan fingerprint density at radius 1 is 1.12 bits per heavy atom. The molecule has 2 aromatic carbocycles. The highest BCUT2D eigenvalue weighted by Gasteiger charge is 2.08. The van der Waals surface area contributed by atoms with E-state index in [0.29, 0.717) is 13.2 Å². The predicted molar refractivity (Wildman–Crippen MR) is 96.7 cm³/mol. The lowest BCUT2D eigenvalue weighted by Crippen LogP contribution is -1.99. The summed E-state index contributed by atoms with van der Waals surface area (Å²) in [5, 5.41) is 8.47. The van der Waals surface area contributed by atoms with Crippen molar-refractivity contribution in [3.05, 3.63) is 78.0 Å². The van der Waals surface area contributed by atoms with Crippen molar-refractivity contribution in [1.82, 2.24) is 15.0 Å². The van der Waals surface area contributed by atoms with Gasteiger partial charge in [0.25, 0.3) is 0 Å². The third-order valence-corrected chi connectivity index (χ3v) is 3.65. The summed E-state index contributed by atoms with van der Waals surface area (Å²) < 4.78 is 6.72. The Morgan fingerprint density at radius 3 is 2.68 bits per heavy atom. The molecule has 25 heavy (non-hydrogen) atoms. The normalized spacial score (nSPS) is 10.9. The molecule has 1 aromatic heterocycles. The van der Waals surface area contributed by atoms with Gasteiger partial charge in [0, 0.05) is 11.6 Å². The third-order valence-electron chi connectivity index (χ3n) is 3.65. The molecule has 0 aliphatic carbocycles. The number of benzene rings is 2. The lowest BCUT2D eigenvalue weighted by Gasteiger charge is -2.02. The molecule has 0 spiro atoms. The molecule has 0 aliphatic rings. The van der Waals surface area contributed by atoms with Gasteiger partial charge >= 0.3 is 5.97 Å². The van der Waals surface area contributed by atoms with E-state index in [1.165, 1.54) is 6.08 Å². The monoisotopic (exact) mass is 333 g/mol. The van der Waals surface area contributed by atoms with Crippen LogP contribution < -0.4 is 0 Å². The molecule has 0 aliphatic heterocycles. The fourth-order valence-electron chi connectivity index (χ4n) is 2.49. The number of hydrogen-bond acceptors (Lipinski definition) is 4. The minimum absolute atomic E-state index is 0.356. The van der Waals surface area contributed by atoms with Gasteiger partial charge in [0.05, 0.1) is 19.3 Å². The number of carbonyl (C=O) groups excluding carboxylic acids is 1. The van der Waals surface area contributed by atoms with Crippen molar-refractivity contribution in [2.45, 2.75) is 13.5 Å². The number of rotatable bonds is 6. The van der Waals surface area contributed by atoms with Gasteiger partial charge in [0.2, 0.25) is 0 Å². The van der Waals surface area contributed by atoms with E-state index < -0.39 is 0 Å². The van der Waals surface area contributed by atoms with Crippen molar-refractivity contribution in [1.29, 1.82) is 0 Å². The maximum Gasteiger partial charge on any atom is 0.330 e. The van der Waals surface area contributed by atoms with Crippen LogP contribution >= 0.6 is 0 Å². The highest BCUT2D eigenvalue weighted by molar-refractivity contribution is 5.88. The SMILES string of the molecule is CCOC(=O)/C=C/c1ccccc1-c1cn(Cc2ccccc2)nn1. The van der Waals surface area contributed by atoms with Gasteiger partial charge in [0.1, 0.15) is 5.69 Å². The molecule has 1 heterocycles. The van der Waals surface area contributed by atoms with Gasteiger partial charge < -0.3 is 4.74 Å². The van der Waals surface area contributed by atoms with Crippen LogP contribution in [0, 0.1) is 0 Å². The van der Waals surface area contributed by atoms with Crippen LogP contribution in [0.4, 0.5) is 0 Å². The maximum absolute atomic E-state index is 11.5. The molecule has 0 radical (unpaired) electrons. The number of hydrogen-bond donors (Lipinski definition) is 0. The van der Waals surface area contributed by atoms with Crippen molar-refractivity contribution in [2.24, 2.45) is 0 Å². The molecule has 0 N–H and O–H groups in total. The average Bonchev–Trinajstić information content (AvgIpc) is 3.10. The van der Waals surface area contributed by atoms with Gasteiger partial charge in [-0.15, -0.1) is 5.10 Å². The van der Waals surface area contributed by atoms with Gasteiger partial charge in [-0.1, -0.05) is 59.8 Å². The van der Waals surface area contributed by atoms with Crippen molar-refractivity contribution in [3.63, 3.8) is 0 Å². The minimum atomic E-state index is -0.356. The van der Waals surface area contributed by atoms with Crippen LogP contribution in [0.2, 0.25) is 0 Å². The van der Waals surface area contributed by atoms with E-state index in [-0.39, 0.29) is 5.97 Å². The van der Waals surface area contributed by atoms with E-state index in [0.717, 1.165) is 22.4 Å². The van der Waals surface area contributed by atoms with E-state index >= 15 is 0 Å². The summed E-state index contributed by atoms with van der Waals surface area (Å²) in [6, 6.07) is 17.8. The number of ether oxygens (including phenoxy) is 1. The molecule has 0 bridgehead atoms. The van der Waals surface area contributed by atoms with Crippen molar-refractivity contribution in [2.75, 3.05) is 6.61 Å². The Balaban J connectivity index is 1.82. The number of esters is 1. The summed E-state index contributed by atoms with van der Waals surface area (Å²) in [6.07, 6.45) is 5.07. The van der Waals surface area contributed by atoms with Crippen LogP contribution in [0.1, 0.15) is 18.1 Å². The van der Waals surface area contributed by atoms with Crippen LogP contribution in [-0.2, 0) is 16.1 Å². The van der Waals surface area contributed by atoms with Crippen LogP contribution in [-0.4, -0.2) is 27.6 Å². The topological polar surface area (TPSA) is 57.0 Å². The molecule has 3 rings (SSSR count). The molecule has 0 saturated heterocycles. The zero-order valence-electron chi connectivity index (χ0n) is 14.0. The van der Waals surface area contributed by atoms with Crippen LogP contribution in [0.3, 0.4) is 0 Å². The Kier molecular flexibility index (Phi) is 5.36. The second kappa shape index (κ2) is 8.06. The zero-order valence-corrected chi connectivity index (χ0v) is 14.0. The first kappa shape index (κ1) is 16.6. The minimum Gasteiger partial charge on any atom is -0.463 e. The third kappa shape index (κ3) is 4.41. The fourth-order valence-corrected chi connectivity index (χ4v) is 2.49. The number of carbonyl (C=O) groups is 1. The molecule has 5 nitrogen and oxygen atoms in total. The van der Waals surface area contributed by atoms with Crippen LogP contribution in [0.5, 0.6) is 0 Å². The van der Waals surface area contributed by atoms with Crippen molar-refractivity contribution >= 4 is 12.0 Å². The number of nitrogens with zero attached hydrogens (tertiary/aromatic N) is 3. The molecule has 3 aromatic rings. The fraction of sp³-hybridized carbons (Fsp3) is 0.150. The molecule has 0 amide bonds. The first-order valence-electron chi connectivity index (χ1n) is 8.14. The largest absolute Gasteiger partial charge is 0.463 e. The second-order valence-corrected chi connectivity index (χ2v) is 5.46. The molecular formula is C20H19N3O2. The molecule has 0 saturated carbocycles. The summed E-state index contributed by atoms with van der Waals surface area (Å²) in [6.45, 7) is 2.80. The molecule has 5 heteroatoms. The Hall–Kier alpha value is -3.21. The van der Waals surface area contributed by atoms with Gasteiger partial charge in [-0.05, 0) is 24.1 Å². The molecule has 0 fully saturated rings. The van der Waals surface area contributed by atoms with Crippen LogP contribution in [0.15, 0.2) is 66.9 Å². The summed E-state index contributed by atoms with van der Waals surface area (Å²) in [4.78, 5) is 11.5. The lowest BCUT2D eigenvalue weighted by molar-refractivity contribution is -0.137. The highest BCUT2D eigenvalue weighted by Crippen LogP contribution is 2.22. The van der Waals surface area contributed by atoms with E-state index in [1.54, 1.807) is 17.7 Å². The van der Waals surface area contributed by atoms with Gasteiger partial charge in [-0.3, -0.25) is 0 Å². The summed E-state index contributed by atoms with van der Waals surface area (Å²) in [5.41, 5.74) is 3.74. The molecular weight excluding hydrogens is 314 g/mol. The van der Waals surface area contributed by atoms with Crippen LogP contribution in [0.25, 0.3) is 17.3 Å². The van der Waals surface area contributed by atoms with Crippen molar-refractivity contribution < 1.29 is 9.53 Å². The standard InChI is InChI=1S/C20H19N3O2/c1-2-25-20(24)13-12-17-10-6-7-11-18(17)19-15-23(22-21-19)14-16-8-4-3-5-9-16/h3-13,15H,2,14H2,1H3/b13-12+. The highest BCUT2D eigenvalue weighted by atomic mass is 16.5. The Labute approximate surface area is 146 Å². The average molecular weight is 333 g/mol. The van der Waals surface area contributed by atoms with E-state index in [1.807, 2.05) is 48.7 Å². The van der Waals surface area contributed by atoms with E-state index in [2.05, 4.69) is 22.4 Å². The quantitative estimate of drug-likeness (QED) is 0.511. The lowest BCUT2D eigenvalue weighted by atomic mass is 10.0. The number of aromatic nitrogens is 3. The summed E-state index contributed by atoms with van der Waals surface area (Å²) in [7, 11) is 0. The van der Waals surface area contributed by atoms with Gasteiger partial charge in [-0.2, -0.15) is 0 Å². The van der Waals surface area contributed by atoms with Gasteiger partial charge in [-0.25, -0.2) is 9.48 Å².